The normalized spacial score (nSPS) is 9.71. The Morgan fingerprint density at radius 3 is 0.964 bits per heavy atom. The van der Waals surface area contributed by atoms with Gasteiger partial charge in [0.25, 0.3) is 37.5 Å². The lowest BCUT2D eigenvalue weighted by Crippen LogP contribution is -2.44. The van der Waals surface area contributed by atoms with E-state index in [0.29, 0.717) is 0 Å². The molecule has 21 nitrogen and oxygen atoms in total. The molecule has 21 heteroatoms. The SMILES string of the molecule is Cc1c(OC#N)cc(NC(=O)OCC(C)(COC(=O)Nc2cc(OC#N)c(C)c(OC#N)c2)OC(=O)Nc2cc(OC#N)c(C)c(OC#N)c2)cc1OC#N. The molecule has 0 aliphatic carbocycles. The van der Waals surface area contributed by atoms with Crippen molar-refractivity contribution in [3.8, 4) is 72.0 Å². The minimum absolute atomic E-state index is 0.0372. The molecule has 3 aromatic carbocycles. The van der Waals surface area contributed by atoms with Gasteiger partial charge in [-0.15, -0.1) is 31.6 Å². The second-order valence-electron chi connectivity index (χ2n) is 10.8. The van der Waals surface area contributed by atoms with Gasteiger partial charge >= 0.3 is 18.3 Å². The summed E-state index contributed by atoms with van der Waals surface area (Å²) in [5.41, 5.74) is -1.32. The van der Waals surface area contributed by atoms with Crippen LogP contribution in [0.4, 0.5) is 31.4 Å². The molecule has 0 unspecified atom stereocenters. The van der Waals surface area contributed by atoms with Crippen LogP contribution >= 0.6 is 0 Å². The molecule has 0 aliphatic heterocycles. The summed E-state index contributed by atoms with van der Waals surface area (Å²) >= 11 is 0. The molecule has 3 amide bonds. The highest BCUT2D eigenvalue weighted by Gasteiger charge is 2.34. The van der Waals surface area contributed by atoms with Gasteiger partial charge in [0.05, 0.1) is 17.1 Å². The fraction of sp³-hybridized carbons (Fsp3) is 0.206. The van der Waals surface area contributed by atoms with Gasteiger partial charge in [-0.05, 0) is 27.7 Å². The number of benzene rings is 3. The van der Waals surface area contributed by atoms with Gasteiger partial charge < -0.3 is 42.6 Å². The molecule has 278 valence electrons. The summed E-state index contributed by atoms with van der Waals surface area (Å²) < 4.78 is 45.2. The number of anilines is 3. The van der Waals surface area contributed by atoms with Gasteiger partial charge in [0.2, 0.25) is 0 Å². The Morgan fingerprint density at radius 2 is 0.727 bits per heavy atom. The van der Waals surface area contributed by atoms with E-state index in [4.69, 9.17) is 74.2 Å². The van der Waals surface area contributed by atoms with Crippen LogP contribution in [0.5, 0.6) is 34.5 Å². The van der Waals surface area contributed by atoms with E-state index in [1.165, 1.54) is 102 Å². The Morgan fingerprint density at radius 1 is 0.491 bits per heavy atom. The average molecular weight is 752 g/mol. The molecule has 3 aromatic rings. The van der Waals surface area contributed by atoms with Crippen molar-refractivity contribution in [1.29, 1.82) is 31.6 Å². The maximum atomic E-state index is 13.2. The predicted octanol–water partition coefficient (Wildman–Crippen LogP) is 5.58. The van der Waals surface area contributed by atoms with Crippen LogP contribution in [0, 0.1) is 89.9 Å². The number of nitrogens with one attached hydrogen (secondary N) is 3. The molecule has 3 rings (SSSR count). The van der Waals surface area contributed by atoms with Crippen LogP contribution in [0.25, 0.3) is 0 Å². The van der Waals surface area contributed by atoms with E-state index in [0.717, 1.165) is 0 Å². The van der Waals surface area contributed by atoms with E-state index in [2.05, 4.69) is 16.0 Å². The monoisotopic (exact) mass is 751 g/mol. The smallest absolute Gasteiger partial charge is 0.412 e. The van der Waals surface area contributed by atoms with Gasteiger partial charge in [0.15, 0.2) is 40.1 Å². The minimum atomic E-state index is -1.96. The van der Waals surface area contributed by atoms with Crippen LogP contribution in [0.15, 0.2) is 36.4 Å². The third-order valence-electron chi connectivity index (χ3n) is 6.97. The van der Waals surface area contributed by atoms with Crippen LogP contribution in [0.2, 0.25) is 0 Å². The highest BCUT2D eigenvalue weighted by Crippen LogP contribution is 2.35. The number of amides is 3. The first-order valence-corrected chi connectivity index (χ1v) is 15.0. The van der Waals surface area contributed by atoms with Crippen molar-refractivity contribution in [1.82, 2.24) is 0 Å². The number of carbonyl (C=O) groups excluding carboxylic acids is 3. The number of hydrogen-bond acceptors (Lipinski definition) is 18. The second kappa shape index (κ2) is 19.0. The molecule has 0 spiro atoms. The van der Waals surface area contributed by atoms with E-state index in [1.807, 2.05) is 0 Å². The van der Waals surface area contributed by atoms with Crippen molar-refractivity contribution in [2.45, 2.75) is 33.3 Å². The molecular formula is C34H25N9O12. The summed E-state index contributed by atoms with van der Waals surface area (Å²) in [4.78, 5) is 39.0. The van der Waals surface area contributed by atoms with E-state index in [9.17, 15) is 14.4 Å². The molecule has 0 aliphatic rings. The van der Waals surface area contributed by atoms with E-state index in [1.54, 1.807) is 0 Å². The van der Waals surface area contributed by atoms with Crippen LogP contribution in [-0.2, 0) is 14.2 Å². The van der Waals surface area contributed by atoms with Crippen molar-refractivity contribution < 1.29 is 57.0 Å². The molecule has 0 bridgehead atoms. The third-order valence-corrected chi connectivity index (χ3v) is 6.97. The number of nitrogens with zero attached hydrogens (tertiary/aromatic N) is 6. The Balaban J connectivity index is 1.86. The van der Waals surface area contributed by atoms with Crippen LogP contribution < -0.4 is 44.4 Å². The zero-order valence-electron chi connectivity index (χ0n) is 29.0. The highest BCUT2D eigenvalue weighted by atomic mass is 16.6. The lowest BCUT2D eigenvalue weighted by atomic mass is 10.1. The molecule has 0 saturated carbocycles. The molecule has 0 saturated heterocycles. The van der Waals surface area contributed by atoms with Gasteiger partial charge in [-0.1, -0.05) is 0 Å². The summed E-state index contributed by atoms with van der Waals surface area (Å²) in [6.45, 7) is 4.14. The molecule has 0 aromatic heterocycles. The zero-order valence-corrected chi connectivity index (χ0v) is 29.0. The fourth-order valence-electron chi connectivity index (χ4n) is 4.35. The van der Waals surface area contributed by atoms with E-state index < -0.39 is 37.1 Å². The predicted molar refractivity (Wildman–Crippen MR) is 179 cm³/mol. The lowest BCUT2D eigenvalue weighted by molar-refractivity contribution is -0.0505. The largest absolute Gasteiger partial charge is 0.445 e. The number of carbonyl (C=O) groups is 3. The van der Waals surface area contributed by atoms with Crippen molar-refractivity contribution >= 4 is 35.3 Å². The van der Waals surface area contributed by atoms with Gasteiger partial charge in [0.1, 0.15) is 13.2 Å². The first kappa shape index (κ1) is 40.6. The van der Waals surface area contributed by atoms with Crippen molar-refractivity contribution in [3.63, 3.8) is 0 Å². The zero-order chi connectivity index (χ0) is 40.5. The van der Waals surface area contributed by atoms with Gasteiger partial charge in [-0.25, -0.2) is 14.4 Å². The Kier molecular flexibility index (Phi) is 14.0. The number of ether oxygens (including phenoxy) is 9. The van der Waals surface area contributed by atoms with E-state index >= 15 is 0 Å². The van der Waals surface area contributed by atoms with Gasteiger partial charge in [0, 0.05) is 53.1 Å². The average Bonchev–Trinajstić information content (AvgIpc) is 3.13. The first-order chi connectivity index (χ1) is 26.3. The third kappa shape index (κ3) is 11.4. The molecule has 0 fully saturated rings. The Bertz CT molecular complexity index is 2020. The topological polar surface area (TPSA) is 313 Å². The summed E-state index contributed by atoms with van der Waals surface area (Å²) in [5.74, 6) is -0.349. The summed E-state index contributed by atoms with van der Waals surface area (Å²) in [6, 6.07) is 7.40. The molecule has 0 atom stereocenters. The number of hydrogen-bond donors (Lipinski definition) is 3. The minimum Gasteiger partial charge on any atom is -0.445 e. The van der Waals surface area contributed by atoms with Gasteiger partial charge in [-0.2, -0.15) is 0 Å². The number of nitriles is 6. The highest BCUT2D eigenvalue weighted by molar-refractivity contribution is 5.88. The maximum Gasteiger partial charge on any atom is 0.412 e. The van der Waals surface area contributed by atoms with Crippen LogP contribution in [-0.4, -0.2) is 37.1 Å². The Labute approximate surface area is 311 Å². The van der Waals surface area contributed by atoms with Crippen molar-refractivity contribution in [2.24, 2.45) is 0 Å². The standard InChI is InChI=1S/C34H25N9O12/c1-19-25(49-13-35)5-22(6-26(19)50-14-36)41-31(44)47-11-34(4,55-33(46)43-24-9-29(53-17-39)21(3)30(10-24)54-18-40)12-48-32(45)42-23-7-27(51-15-37)20(2)28(8-23)52-16-38/h5-10H,11-12H2,1-4H3,(H,41,44)(H,42,45)(H,43,46). The number of rotatable bonds is 14. The van der Waals surface area contributed by atoms with Crippen LogP contribution in [0.3, 0.4) is 0 Å². The fourth-order valence-corrected chi connectivity index (χ4v) is 4.35. The molecule has 0 heterocycles. The van der Waals surface area contributed by atoms with Gasteiger partial charge in [-0.3, -0.25) is 16.0 Å². The summed E-state index contributed by atoms with van der Waals surface area (Å²) in [6.07, 6.45) is 5.30. The van der Waals surface area contributed by atoms with Crippen LogP contribution in [0.1, 0.15) is 23.6 Å². The second-order valence-corrected chi connectivity index (χ2v) is 10.8. The molecule has 0 radical (unpaired) electrons. The Hall–Kier alpha value is -8.79. The summed E-state index contributed by atoms with van der Waals surface area (Å²) in [7, 11) is 0. The van der Waals surface area contributed by atoms with Crippen molar-refractivity contribution in [3.05, 3.63) is 53.1 Å². The maximum absolute atomic E-state index is 13.2. The quantitative estimate of drug-likeness (QED) is 0.134. The molecule has 3 N–H and O–H groups in total. The summed E-state index contributed by atoms with van der Waals surface area (Å²) in [5, 5.41) is 60.9. The molecular weight excluding hydrogens is 726 g/mol. The molecule has 55 heavy (non-hydrogen) atoms. The lowest BCUT2D eigenvalue weighted by Gasteiger charge is -2.28. The first-order valence-electron chi connectivity index (χ1n) is 15.0. The van der Waals surface area contributed by atoms with E-state index in [-0.39, 0.29) is 68.2 Å². The van der Waals surface area contributed by atoms with Crippen molar-refractivity contribution in [2.75, 3.05) is 29.2 Å².